The van der Waals surface area contributed by atoms with Crippen molar-refractivity contribution in [3.05, 3.63) is 72.2 Å². The molecular weight excluding hydrogens is 382 g/mol. The lowest BCUT2D eigenvalue weighted by atomic mass is 10.2. The van der Waals surface area contributed by atoms with E-state index in [1.807, 2.05) is 54.6 Å². The third-order valence-corrected chi connectivity index (χ3v) is 4.50. The van der Waals surface area contributed by atoms with Crippen LogP contribution in [0.2, 0.25) is 0 Å². The van der Waals surface area contributed by atoms with E-state index in [0.717, 1.165) is 16.9 Å². The van der Waals surface area contributed by atoms with Crippen molar-refractivity contribution in [2.45, 2.75) is 25.8 Å². The molecule has 0 saturated heterocycles. The molecular formula is C23H25N3O4. The molecule has 0 aliphatic heterocycles. The summed E-state index contributed by atoms with van der Waals surface area (Å²) in [7, 11) is 1.61. The maximum atomic E-state index is 12.0. The molecule has 7 heteroatoms. The molecule has 0 bridgehead atoms. The Hall–Kier alpha value is -3.61. The summed E-state index contributed by atoms with van der Waals surface area (Å²) >= 11 is 0. The van der Waals surface area contributed by atoms with Gasteiger partial charge in [-0.2, -0.15) is 0 Å². The Morgan fingerprint density at radius 1 is 0.967 bits per heavy atom. The van der Waals surface area contributed by atoms with E-state index >= 15 is 0 Å². The monoisotopic (exact) mass is 407 g/mol. The third kappa shape index (κ3) is 6.48. The van der Waals surface area contributed by atoms with Crippen molar-refractivity contribution in [3.8, 4) is 17.1 Å². The number of rotatable bonds is 10. The molecule has 30 heavy (non-hydrogen) atoms. The first-order valence-electron chi connectivity index (χ1n) is 9.80. The van der Waals surface area contributed by atoms with Gasteiger partial charge in [-0.25, -0.2) is 4.98 Å². The van der Waals surface area contributed by atoms with Crippen LogP contribution in [0.15, 0.2) is 65.2 Å². The number of oxazole rings is 1. The summed E-state index contributed by atoms with van der Waals surface area (Å²) in [5.74, 6) is 1.66. The van der Waals surface area contributed by atoms with Crippen LogP contribution in [0.4, 0.5) is 0 Å². The van der Waals surface area contributed by atoms with Crippen LogP contribution in [-0.2, 0) is 22.6 Å². The maximum absolute atomic E-state index is 12.0. The number of amides is 2. The van der Waals surface area contributed by atoms with Gasteiger partial charge in [0.1, 0.15) is 5.75 Å². The number of benzene rings is 2. The number of carbonyl (C=O) groups excluding carboxylic acids is 2. The lowest BCUT2D eigenvalue weighted by molar-refractivity contribution is -0.122. The Morgan fingerprint density at radius 2 is 1.70 bits per heavy atom. The highest BCUT2D eigenvalue weighted by atomic mass is 16.5. The lowest BCUT2D eigenvalue weighted by Crippen LogP contribution is -2.30. The predicted octanol–water partition coefficient (Wildman–Crippen LogP) is 3.11. The summed E-state index contributed by atoms with van der Waals surface area (Å²) in [4.78, 5) is 28.1. The number of aryl methyl sites for hydroxylation is 1. The summed E-state index contributed by atoms with van der Waals surface area (Å²) in [5, 5.41) is 5.58. The van der Waals surface area contributed by atoms with Gasteiger partial charge in [-0.15, -0.1) is 0 Å². The van der Waals surface area contributed by atoms with E-state index in [-0.39, 0.29) is 24.7 Å². The molecule has 3 rings (SSSR count). The van der Waals surface area contributed by atoms with E-state index in [2.05, 4.69) is 15.6 Å². The molecule has 7 nitrogen and oxygen atoms in total. The Morgan fingerprint density at radius 3 is 2.43 bits per heavy atom. The summed E-state index contributed by atoms with van der Waals surface area (Å²) in [6, 6.07) is 17.2. The fourth-order valence-electron chi connectivity index (χ4n) is 2.82. The largest absolute Gasteiger partial charge is 0.497 e. The van der Waals surface area contributed by atoms with Gasteiger partial charge >= 0.3 is 0 Å². The fraction of sp³-hybridized carbons (Fsp3) is 0.261. The van der Waals surface area contributed by atoms with Crippen molar-refractivity contribution < 1.29 is 18.7 Å². The molecule has 0 atom stereocenters. The van der Waals surface area contributed by atoms with Gasteiger partial charge in [0.25, 0.3) is 0 Å². The van der Waals surface area contributed by atoms with Crippen LogP contribution in [0, 0.1) is 0 Å². The minimum Gasteiger partial charge on any atom is -0.497 e. The zero-order chi connectivity index (χ0) is 21.2. The Balaban J connectivity index is 1.34. The first-order chi connectivity index (χ1) is 14.6. The van der Waals surface area contributed by atoms with E-state index in [0.29, 0.717) is 31.2 Å². The van der Waals surface area contributed by atoms with Crippen LogP contribution < -0.4 is 15.4 Å². The molecule has 1 heterocycles. The molecule has 2 N–H and O–H groups in total. The van der Waals surface area contributed by atoms with Gasteiger partial charge in [-0.3, -0.25) is 9.59 Å². The van der Waals surface area contributed by atoms with E-state index in [4.69, 9.17) is 9.15 Å². The number of nitrogens with zero attached hydrogens (tertiary/aromatic N) is 1. The number of aromatic nitrogens is 1. The second kappa shape index (κ2) is 10.8. The van der Waals surface area contributed by atoms with Gasteiger partial charge in [0, 0.05) is 37.9 Å². The lowest BCUT2D eigenvalue weighted by Gasteiger charge is -2.06. The summed E-state index contributed by atoms with van der Waals surface area (Å²) in [6.45, 7) is 0.774. The Bertz CT molecular complexity index is 952. The van der Waals surface area contributed by atoms with Gasteiger partial charge < -0.3 is 19.8 Å². The van der Waals surface area contributed by atoms with Crippen molar-refractivity contribution in [3.63, 3.8) is 0 Å². The van der Waals surface area contributed by atoms with Gasteiger partial charge in [-0.1, -0.05) is 30.3 Å². The van der Waals surface area contributed by atoms with E-state index < -0.39 is 0 Å². The normalized spacial score (nSPS) is 10.4. The van der Waals surface area contributed by atoms with Crippen LogP contribution in [0.1, 0.15) is 24.3 Å². The second-order valence-corrected chi connectivity index (χ2v) is 6.71. The van der Waals surface area contributed by atoms with Gasteiger partial charge in [0.15, 0.2) is 11.7 Å². The van der Waals surface area contributed by atoms with Crippen molar-refractivity contribution in [1.82, 2.24) is 15.6 Å². The predicted molar refractivity (Wildman–Crippen MR) is 113 cm³/mol. The van der Waals surface area contributed by atoms with Crippen molar-refractivity contribution in [2.24, 2.45) is 0 Å². The zero-order valence-electron chi connectivity index (χ0n) is 16.9. The van der Waals surface area contributed by atoms with Crippen molar-refractivity contribution in [2.75, 3.05) is 13.7 Å². The number of ether oxygens (including phenoxy) is 1. The molecule has 2 aromatic carbocycles. The SMILES string of the molecule is COc1ccc(-c2cnc(CCC(=O)NCCC(=O)NCc3ccccc3)o2)cc1. The Kier molecular flexibility index (Phi) is 7.60. The Labute approximate surface area is 175 Å². The molecule has 0 saturated carbocycles. The third-order valence-electron chi connectivity index (χ3n) is 4.50. The highest BCUT2D eigenvalue weighted by Gasteiger charge is 2.10. The molecule has 156 valence electrons. The standard InChI is InChI=1S/C23H25N3O4/c1-29-19-9-7-18(8-10-19)20-16-26-23(30-20)12-11-21(27)24-14-13-22(28)25-15-17-5-3-2-4-6-17/h2-10,16H,11-15H2,1H3,(H,24,27)(H,25,28). The van der Waals surface area contributed by atoms with E-state index in [1.165, 1.54) is 0 Å². The number of hydrogen-bond donors (Lipinski definition) is 2. The van der Waals surface area contributed by atoms with Crippen LogP contribution in [0.5, 0.6) is 5.75 Å². The molecule has 0 aliphatic rings. The molecule has 0 radical (unpaired) electrons. The number of nitrogens with one attached hydrogen (secondary N) is 2. The van der Waals surface area contributed by atoms with Crippen molar-refractivity contribution in [1.29, 1.82) is 0 Å². The maximum Gasteiger partial charge on any atom is 0.222 e. The molecule has 0 aliphatic carbocycles. The minimum atomic E-state index is -0.143. The summed E-state index contributed by atoms with van der Waals surface area (Å²) < 4.78 is 10.9. The van der Waals surface area contributed by atoms with Gasteiger partial charge in [0.2, 0.25) is 11.8 Å². The molecule has 2 amide bonds. The molecule has 0 unspecified atom stereocenters. The quantitative estimate of drug-likeness (QED) is 0.539. The number of methoxy groups -OCH3 is 1. The first-order valence-corrected chi connectivity index (χ1v) is 9.80. The number of carbonyl (C=O) groups is 2. The van der Waals surface area contributed by atoms with E-state index in [1.54, 1.807) is 13.3 Å². The topological polar surface area (TPSA) is 93.5 Å². The average molecular weight is 407 g/mol. The number of hydrogen-bond acceptors (Lipinski definition) is 5. The van der Waals surface area contributed by atoms with Crippen LogP contribution in [-0.4, -0.2) is 30.5 Å². The van der Waals surface area contributed by atoms with Crippen LogP contribution in [0.3, 0.4) is 0 Å². The smallest absolute Gasteiger partial charge is 0.222 e. The van der Waals surface area contributed by atoms with E-state index in [9.17, 15) is 9.59 Å². The molecule has 0 spiro atoms. The van der Waals surface area contributed by atoms with Gasteiger partial charge in [0.05, 0.1) is 13.3 Å². The van der Waals surface area contributed by atoms with Gasteiger partial charge in [-0.05, 0) is 29.8 Å². The molecule has 3 aromatic rings. The second-order valence-electron chi connectivity index (χ2n) is 6.71. The van der Waals surface area contributed by atoms with Crippen molar-refractivity contribution >= 4 is 11.8 Å². The minimum absolute atomic E-state index is 0.101. The highest BCUT2D eigenvalue weighted by molar-refractivity contribution is 5.79. The fourth-order valence-corrected chi connectivity index (χ4v) is 2.82. The van der Waals surface area contributed by atoms with Crippen LogP contribution in [0.25, 0.3) is 11.3 Å². The summed E-state index contributed by atoms with van der Waals surface area (Å²) in [6.07, 6.45) is 2.52. The summed E-state index contributed by atoms with van der Waals surface area (Å²) in [5.41, 5.74) is 1.93. The van der Waals surface area contributed by atoms with Crippen LogP contribution >= 0.6 is 0 Å². The average Bonchev–Trinajstić information content (AvgIpc) is 3.26. The molecule has 0 fully saturated rings. The highest BCUT2D eigenvalue weighted by Crippen LogP contribution is 2.23. The first kappa shape index (κ1) is 21.1. The molecule has 1 aromatic heterocycles. The zero-order valence-corrected chi connectivity index (χ0v) is 16.9.